The highest BCUT2D eigenvalue weighted by Gasteiger charge is 2.40. The number of carbonyl (C=O) groups is 2. The van der Waals surface area contributed by atoms with Crippen molar-refractivity contribution < 1.29 is 14.2 Å². The van der Waals surface area contributed by atoms with Crippen molar-refractivity contribution in [3.63, 3.8) is 0 Å². The molecule has 2 amide bonds. The Kier molecular flexibility index (Phi) is 2.04. The van der Waals surface area contributed by atoms with Gasteiger partial charge in [0.25, 0.3) is 10.9 Å². The fourth-order valence-electron chi connectivity index (χ4n) is 1.32. The van der Waals surface area contributed by atoms with Crippen LogP contribution in [0.5, 0.6) is 0 Å². The van der Waals surface area contributed by atoms with E-state index >= 15 is 0 Å². The van der Waals surface area contributed by atoms with Gasteiger partial charge < -0.3 is 0 Å². The van der Waals surface area contributed by atoms with E-state index in [4.69, 9.17) is 12.2 Å². The summed E-state index contributed by atoms with van der Waals surface area (Å²) < 4.78 is 1.54. The van der Waals surface area contributed by atoms with Crippen LogP contribution < -0.4 is 0 Å². The van der Waals surface area contributed by atoms with Gasteiger partial charge in [-0.2, -0.15) is 4.99 Å². The molecule has 0 fully saturated rings. The molecule has 0 aromatic heterocycles. The van der Waals surface area contributed by atoms with E-state index in [2.05, 4.69) is 9.98 Å². The smallest absolute Gasteiger partial charge is 0.264 e. The third-order valence-corrected chi connectivity index (χ3v) is 2.68. The Morgan fingerprint density at radius 2 is 2.13 bits per heavy atom. The van der Waals surface area contributed by atoms with Crippen molar-refractivity contribution in [2.75, 3.05) is 14.1 Å². The van der Waals surface area contributed by atoms with Crippen LogP contribution in [-0.2, 0) is 9.59 Å². The molecule has 0 aromatic carbocycles. The number of nitrogens with zero attached hydrogens (tertiary/aromatic N) is 4. The van der Waals surface area contributed by atoms with Gasteiger partial charge in [0.05, 0.1) is 14.1 Å². The highest BCUT2D eigenvalue weighted by atomic mass is 32.1. The van der Waals surface area contributed by atoms with Gasteiger partial charge in [0.15, 0.2) is 6.21 Å². The summed E-state index contributed by atoms with van der Waals surface area (Å²) in [5.74, 6) is -0.613. The maximum atomic E-state index is 11.7. The van der Waals surface area contributed by atoms with Crippen LogP contribution in [0.1, 0.15) is 0 Å². The highest BCUT2D eigenvalue weighted by Crippen LogP contribution is 2.06. The Balaban J connectivity index is 2.66. The van der Waals surface area contributed by atoms with Crippen LogP contribution in [0.15, 0.2) is 9.98 Å². The number of aliphatic imine (C=N–C) groups is 2. The molecule has 2 rings (SSSR count). The first-order chi connectivity index (χ1) is 7.02. The van der Waals surface area contributed by atoms with E-state index in [1.165, 1.54) is 11.9 Å². The molecule has 0 aliphatic carbocycles. The van der Waals surface area contributed by atoms with E-state index in [1.807, 2.05) is 0 Å². The predicted molar refractivity (Wildman–Crippen MR) is 57.5 cm³/mol. The summed E-state index contributed by atoms with van der Waals surface area (Å²) in [7, 11) is 3.20. The summed E-state index contributed by atoms with van der Waals surface area (Å²) in [6.45, 7) is 0. The molecule has 2 aliphatic rings. The Labute approximate surface area is 90.6 Å². The Hall–Kier alpha value is -1.76. The SMILES string of the molecule is CN1C(=O)C2=NC(=O)C=NC2=[N+](C)C1=S. The summed E-state index contributed by atoms with van der Waals surface area (Å²) in [5.41, 5.74) is 0.0427. The van der Waals surface area contributed by atoms with Crippen molar-refractivity contribution in [1.82, 2.24) is 4.90 Å². The number of hydrogen-bond donors (Lipinski definition) is 0. The molecule has 0 spiro atoms. The molecule has 7 heteroatoms. The van der Waals surface area contributed by atoms with Crippen LogP contribution in [0.4, 0.5) is 0 Å². The second kappa shape index (κ2) is 3.13. The number of carbonyl (C=O) groups excluding carboxylic acids is 2. The van der Waals surface area contributed by atoms with E-state index in [0.29, 0.717) is 10.9 Å². The van der Waals surface area contributed by atoms with Crippen molar-refractivity contribution in [1.29, 1.82) is 0 Å². The molecule has 0 saturated heterocycles. The van der Waals surface area contributed by atoms with Gasteiger partial charge in [-0.25, -0.2) is 14.3 Å². The van der Waals surface area contributed by atoms with Gasteiger partial charge in [-0.3, -0.25) is 4.79 Å². The van der Waals surface area contributed by atoms with Crippen LogP contribution in [0.25, 0.3) is 0 Å². The summed E-state index contributed by atoms with van der Waals surface area (Å²) >= 11 is 5.02. The number of thiocarbonyl (C=S) groups is 1. The first-order valence-electron chi connectivity index (χ1n) is 4.12. The molecule has 0 bridgehead atoms. The van der Waals surface area contributed by atoms with E-state index in [-0.39, 0.29) is 5.71 Å². The topological polar surface area (TPSA) is 65.1 Å². The largest absolute Gasteiger partial charge is 0.340 e. The minimum Gasteiger partial charge on any atom is -0.264 e. The molecule has 0 atom stereocenters. The van der Waals surface area contributed by atoms with E-state index in [9.17, 15) is 9.59 Å². The van der Waals surface area contributed by atoms with Crippen LogP contribution >= 0.6 is 12.2 Å². The third kappa shape index (κ3) is 1.32. The van der Waals surface area contributed by atoms with Crippen molar-refractivity contribution in [2.45, 2.75) is 0 Å². The van der Waals surface area contributed by atoms with Gasteiger partial charge in [0, 0.05) is 0 Å². The van der Waals surface area contributed by atoms with Crippen molar-refractivity contribution in [2.24, 2.45) is 9.98 Å². The number of amidine groups is 1. The van der Waals surface area contributed by atoms with E-state index < -0.39 is 11.8 Å². The van der Waals surface area contributed by atoms with Crippen LogP contribution in [0.3, 0.4) is 0 Å². The summed E-state index contributed by atoms with van der Waals surface area (Å²) in [6.07, 6.45) is 1.07. The van der Waals surface area contributed by atoms with E-state index in [0.717, 1.165) is 6.21 Å². The summed E-state index contributed by atoms with van der Waals surface area (Å²) in [6, 6.07) is 0. The van der Waals surface area contributed by atoms with Gasteiger partial charge in [0.1, 0.15) is 0 Å². The van der Waals surface area contributed by atoms with Crippen LogP contribution in [0.2, 0.25) is 0 Å². The molecule has 0 unspecified atom stereocenters. The lowest BCUT2D eigenvalue weighted by atomic mass is 10.2. The van der Waals surface area contributed by atoms with E-state index in [1.54, 1.807) is 11.6 Å². The van der Waals surface area contributed by atoms with Gasteiger partial charge in [-0.15, -0.1) is 4.99 Å². The fourth-order valence-corrected chi connectivity index (χ4v) is 1.49. The van der Waals surface area contributed by atoms with Crippen molar-refractivity contribution in [3.05, 3.63) is 0 Å². The molecule has 0 N–H and O–H groups in total. The molecule has 0 saturated carbocycles. The average molecular weight is 223 g/mol. The molecule has 0 radical (unpaired) electrons. The van der Waals surface area contributed by atoms with Gasteiger partial charge >= 0.3 is 11.8 Å². The lowest BCUT2D eigenvalue weighted by Gasteiger charge is -2.20. The van der Waals surface area contributed by atoms with Crippen molar-refractivity contribution >= 4 is 46.9 Å². The highest BCUT2D eigenvalue weighted by molar-refractivity contribution is 7.79. The van der Waals surface area contributed by atoms with Gasteiger partial charge in [-0.05, 0) is 12.2 Å². The van der Waals surface area contributed by atoms with Gasteiger partial charge in [0.2, 0.25) is 5.71 Å². The zero-order valence-corrected chi connectivity index (χ0v) is 8.91. The number of amides is 2. The molecule has 2 heterocycles. The average Bonchev–Trinajstić information content (AvgIpc) is 2.23. The first kappa shape index (κ1) is 9.78. The lowest BCUT2D eigenvalue weighted by molar-refractivity contribution is -0.377. The zero-order valence-electron chi connectivity index (χ0n) is 8.09. The minimum atomic E-state index is -0.531. The third-order valence-electron chi connectivity index (χ3n) is 2.13. The Morgan fingerprint density at radius 1 is 1.47 bits per heavy atom. The molecule has 0 aromatic rings. The first-order valence-corrected chi connectivity index (χ1v) is 4.53. The number of fused-ring (bicyclic) bond motifs is 1. The molecule has 2 aliphatic heterocycles. The quantitative estimate of drug-likeness (QED) is 0.384. The zero-order chi connectivity index (χ0) is 11.2. The number of rotatable bonds is 0. The predicted octanol–water partition coefficient (Wildman–Crippen LogP) is -1.16. The normalized spacial score (nSPS) is 20.8. The summed E-state index contributed by atoms with van der Waals surface area (Å²) in [5, 5.41) is 0.334. The minimum absolute atomic E-state index is 0.0427. The van der Waals surface area contributed by atoms with Crippen LogP contribution in [-0.4, -0.2) is 58.3 Å². The maximum Gasteiger partial charge on any atom is 0.340 e. The Morgan fingerprint density at radius 3 is 2.80 bits per heavy atom. The maximum absolute atomic E-state index is 11.7. The second-order valence-corrected chi connectivity index (χ2v) is 3.45. The molecule has 15 heavy (non-hydrogen) atoms. The lowest BCUT2D eigenvalue weighted by Crippen LogP contribution is -2.53. The van der Waals surface area contributed by atoms with Crippen molar-refractivity contribution in [3.8, 4) is 0 Å². The Bertz CT molecular complexity index is 489. The molecule has 6 nitrogen and oxygen atoms in total. The second-order valence-electron chi connectivity index (χ2n) is 3.09. The van der Waals surface area contributed by atoms with Crippen LogP contribution in [0, 0.1) is 0 Å². The molecular weight excluding hydrogens is 216 g/mol. The molecular formula is C8H7N4O2S+. The van der Waals surface area contributed by atoms with Gasteiger partial charge in [-0.1, -0.05) is 0 Å². The number of hydrogen-bond acceptors (Lipinski definition) is 4. The molecule has 76 valence electrons. The standard InChI is InChI=1S/C8H7N4O2S/c1-11-6-5(10-4(13)3-9-6)7(14)12(2)8(11)15/h3H,1-2H3/q+1. The fraction of sp³-hybridized carbons (Fsp3) is 0.250. The monoisotopic (exact) mass is 223 g/mol. The summed E-state index contributed by atoms with van der Waals surface area (Å²) in [4.78, 5) is 31.4.